The molecular formula is C22H24N4OS. The number of carbonyl (C=O) groups excluding carboxylic acids is 1. The normalized spacial score (nSPS) is 14.6. The van der Waals surface area contributed by atoms with E-state index in [1.807, 2.05) is 36.0 Å². The lowest BCUT2D eigenvalue weighted by molar-refractivity contribution is -0.115. The number of nitrogens with one attached hydrogen (secondary N) is 3. The van der Waals surface area contributed by atoms with Gasteiger partial charge < -0.3 is 16.0 Å². The minimum atomic E-state index is -0.156. The lowest BCUT2D eigenvalue weighted by atomic mass is 10.2. The summed E-state index contributed by atoms with van der Waals surface area (Å²) in [6, 6.07) is 17.6. The van der Waals surface area contributed by atoms with Gasteiger partial charge in [-0.2, -0.15) is 0 Å². The highest BCUT2D eigenvalue weighted by atomic mass is 32.2. The quantitative estimate of drug-likeness (QED) is 0.385. The van der Waals surface area contributed by atoms with Gasteiger partial charge in [-0.3, -0.25) is 9.79 Å². The number of guanidine groups is 1. The van der Waals surface area contributed by atoms with Crippen molar-refractivity contribution in [3.05, 3.63) is 60.2 Å². The molecular weight excluding hydrogens is 368 g/mol. The first kappa shape index (κ1) is 19.8. The summed E-state index contributed by atoms with van der Waals surface area (Å²) in [5.41, 5.74) is 1.41. The third-order valence-corrected chi connectivity index (χ3v) is 5.91. The van der Waals surface area contributed by atoms with Gasteiger partial charge in [0.05, 0.1) is 6.54 Å². The van der Waals surface area contributed by atoms with Gasteiger partial charge in [-0.15, -0.1) is 18.2 Å². The van der Waals surface area contributed by atoms with Crippen molar-refractivity contribution < 1.29 is 4.79 Å². The summed E-state index contributed by atoms with van der Waals surface area (Å²) in [4.78, 5) is 17.7. The van der Waals surface area contributed by atoms with Crippen LogP contribution in [0.15, 0.2) is 64.5 Å². The summed E-state index contributed by atoms with van der Waals surface area (Å²) < 4.78 is 0.205. The molecule has 1 aliphatic carbocycles. The molecule has 1 amide bonds. The molecule has 0 atom stereocenters. The lowest BCUT2D eigenvalue weighted by Gasteiger charge is -2.18. The molecule has 0 spiro atoms. The van der Waals surface area contributed by atoms with Crippen LogP contribution in [-0.2, 0) is 4.79 Å². The molecule has 144 valence electrons. The van der Waals surface area contributed by atoms with Gasteiger partial charge in [0.25, 0.3) is 0 Å². The lowest BCUT2D eigenvalue weighted by Crippen LogP contribution is -2.44. The van der Waals surface area contributed by atoms with Crippen molar-refractivity contribution in [1.82, 2.24) is 10.6 Å². The third-order valence-electron chi connectivity index (χ3n) is 4.42. The van der Waals surface area contributed by atoms with Crippen LogP contribution in [-0.4, -0.2) is 36.8 Å². The molecule has 1 saturated carbocycles. The zero-order chi connectivity index (χ0) is 19.8. The van der Waals surface area contributed by atoms with E-state index < -0.39 is 0 Å². The molecule has 2 aromatic rings. The molecule has 0 unspecified atom stereocenters. The van der Waals surface area contributed by atoms with E-state index in [9.17, 15) is 4.79 Å². The first-order valence-corrected chi connectivity index (χ1v) is 9.99. The summed E-state index contributed by atoms with van der Waals surface area (Å²) in [7, 11) is 1.70. The molecule has 2 aromatic carbocycles. The molecule has 0 saturated heterocycles. The number of terminal acetylenes is 1. The minimum Gasteiger partial charge on any atom is -0.355 e. The Labute approximate surface area is 170 Å². The Morgan fingerprint density at radius 3 is 2.64 bits per heavy atom. The summed E-state index contributed by atoms with van der Waals surface area (Å²) in [6.45, 7) is 0.927. The van der Waals surface area contributed by atoms with Crippen molar-refractivity contribution in [1.29, 1.82) is 0 Å². The van der Waals surface area contributed by atoms with Gasteiger partial charge in [0.2, 0.25) is 5.91 Å². The van der Waals surface area contributed by atoms with E-state index in [0.717, 1.165) is 12.1 Å². The molecule has 28 heavy (non-hydrogen) atoms. The maximum absolute atomic E-state index is 12.2. The van der Waals surface area contributed by atoms with E-state index >= 15 is 0 Å². The van der Waals surface area contributed by atoms with Gasteiger partial charge in [-0.1, -0.05) is 30.2 Å². The van der Waals surface area contributed by atoms with E-state index in [1.54, 1.807) is 13.1 Å². The number of amides is 1. The monoisotopic (exact) mass is 392 g/mol. The van der Waals surface area contributed by atoms with E-state index in [2.05, 4.69) is 51.1 Å². The van der Waals surface area contributed by atoms with Gasteiger partial charge in [0, 0.05) is 34.5 Å². The zero-order valence-electron chi connectivity index (χ0n) is 15.9. The maximum Gasteiger partial charge on any atom is 0.243 e. The average Bonchev–Trinajstić information content (AvgIpc) is 3.48. The molecule has 0 bridgehead atoms. The Bertz CT molecular complexity index is 885. The summed E-state index contributed by atoms with van der Waals surface area (Å²) >= 11 is 1.90. The first-order chi connectivity index (χ1) is 13.6. The number of carbonyl (C=O) groups is 1. The fourth-order valence-corrected chi connectivity index (χ4v) is 3.96. The molecule has 0 heterocycles. The molecule has 6 heteroatoms. The van der Waals surface area contributed by atoms with Crippen molar-refractivity contribution in [3.8, 4) is 12.3 Å². The van der Waals surface area contributed by atoms with Gasteiger partial charge in [0.1, 0.15) is 0 Å². The number of hydrogen-bond acceptors (Lipinski definition) is 3. The number of benzene rings is 2. The maximum atomic E-state index is 12.2. The number of thioether (sulfide) groups is 1. The number of rotatable bonds is 7. The second kappa shape index (κ2) is 9.34. The highest BCUT2D eigenvalue weighted by molar-refractivity contribution is 8.01. The molecule has 5 nitrogen and oxygen atoms in total. The van der Waals surface area contributed by atoms with Gasteiger partial charge in [0.15, 0.2) is 5.96 Å². The number of anilines is 1. The molecule has 1 fully saturated rings. The fraction of sp³-hybridized carbons (Fsp3) is 0.273. The average molecular weight is 393 g/mol. The second-order valence-corrected chi connectivity index (χ2v) is 8.19. The van der Waals surface area contributed by atoms with Crippen molar-refractivity contribution in [3.63, 3.8) is 0 Å². The van der Waals surface area contributed by atoms with E-state index in [4.69, 9.17) is 6.42 Å². The largest absolute Gasteiger partial charge is 0.355 e. The van der Waals surface area contributed by atoms with Gasteiger partial charge >= 0.3 is 0 Å². The Balaban J connectivity index is 1.44. The van der Waals surface area contributed by atoms with E-state index in [0.29, 0.717) is 11.6 Å². The Morgan fingerprint density at radius 1 is 1.18 bits per heavy atom. The summed E-state index contributed by atoms with van der Waals surface area (Å²) in [5, 5.41) is 9.23. The van der Waals surface area contributed by atoms with Crippen LogP contribution < -0.4 is 16.0 Å². The van der Waals surface area contributed by atoms with Crippen LogP contribution in [0.25, 0.3) is 0 Å². The molecule has 0 aromatic heterocycles. The standard InChI is InChI=1S/C22H24N4OS/c1-3-17-8-7-9-18(14-17)26-20(27)15-24-21(23-2)25-16-22(12-13-22)28-19-10-5-4-6-11-19/h1,4-11,14H,12-13,15-16H2,2H3,(H,26,27)(H2,23,24,25). The summed E-state index contributed by atoms with van der Waals surface area (Å²) in [6.07, 6.45) is 7.73. The zero-order valence-corrected chi connectivity index (χ0v) is 16.7. The minimum absolute atomic E-state index is 0.124. The Kier molecular flexibility index (Phi) is 6.62. The predicted molar refractivity (Wildman–Crippen MR) is 117 cm³/mol. The van der Waals surface area contributed by atoms with Crippen LogP contribution >= 0.6 is 11.8 Å². The third kappa shape index (κ3) is 5.80. The van der Waals surface area contributed by atoms with E-state index in [-0.39, 0.29) is 17.2 Å². The van der Waals surface area contributed by atoms with Crippen LogP contribution in [0.3, 0.4) is 0 Å². The predicted octanol–water partition coefficient (Wildman–Crippen LogP) is 3.10. The SMILES string of the molecule is C#Cc1cccc(NC(=O)CNC(=NC)NCC2(Sc3ccccc3)CC2)c1. The van der Waals surface area contributed by atoms with Crippen LogP contribution in [0.1, 0.15) is 18.4 Å². The smallest absolute Gasteiger partial charge is 0.243 e. The molecule has 0 aliphatic heterocycles. The van der Waals surface area contributed by atoms with Crippen LogP contribution in [0.4, 0.5) is 5.69 Å². The molecule has 3 rings (SSSR count). The van der Waals surface area contributed by atoms with Crippen LogP contribution in [0.5, 0.6) is 0 Å². The fourth-order valence-electron chi connectivity index (χ4n) is 2.71. The van der Waals surface area contributed by atoms with Gasteiger partial charge in [-0.25, -0.2) is 0 Å². The highest BCUT2D eigenvalue weighted by Crippen LogP contribution is 2.51. The topological polar surface area (TPSA) is 65.5 Å². The van der Waals surface area contributed by atoms with Gasteiger partial charge in [-0.05, 0) is 43.2 Å². The van der Waals surface area contributed by atoms with E-state index in [1.165, 1.54) is 17.7 Å². The number of aliphatic imine (C=N–C) groups is 1. The first-order valence-electron chi connectivity index (χ1n) is 9.18. The summed E-state index contributed by atoms with van der Waals surface area (Å²) in [5.74, 6) is 3.02. The van der Waals surface area contributed by atoms with Crippen molar-refractivity contribution in [2.24, 2.45) is 4.99 Å². The van der Waals surface area contributed by atoms with Crippen LogP contribution in [0, 0.1) is 12.3 Å². The van der Waals surface area contributed by atoms with Crippen molar-refractivity contribution >= 4 is 29.3 Å². The van der Waals surface area contributed by atoms with Crippen molar-refractivity contribution in [2.75, 3.05) is 25.5 Å². The molecule has 0 radical (unpaired) electrons. The Morgan fingerprint density at radius 2 is 1.96 bits per heavy atom. The number of nitrogens with zero attached hydrogens (tertiary/aromatic N) is 1. The highest BCUT2D eigenvalue weighted by Gasteiger charge is 2.43. The molecule has 3 N–H and O–H groups in total. The Hall–Kier alpha value is -2.91. The second-order valence-electron chi connectivity index (χ2n) is 6.65. The number of hydrogen-bond donors (Lipinski definition) is 3. The van der Waals surface area contributed by atoms with Crippen LogP contribution in [0.2, 0.25) is 0 Å². The molecule has 1 aliphatic rings. The van der Waals surface area contributed by atoms with Crippen molar-refractivity contribution in [2.45, 2.75) is 22.5 Å².